The topological polar surface area (TPSA) is 192 Å². The van der Waals surface area contributed by atoms with E-state index in [0.29, 0.717) is 12.8 Å². The SMILES string of the molecule is CCCCCCCCCCCCCCCCCCCCCCCCCCC(O)C(COC1OC(CO)C(O)C(OS(=O)(=O)O)C1O)NC(=O)CCCCCCCCCCCCCCCCC. The van der Waals surface area contributed by atoms with Crippen molar-refractivity contribution in [3.05, 3.63) is 0 Å². The van der Waals surface area contributed by atoms with Gasteiger partial charge in [0.15, 0.2) is 6.29 Å². The monoisotopic (exact) mass is 964 g/mol. The van der Waals surface area contributed by atoms with Gasteiger partial charge in [-0.2, -0.15) is 8.42 Å². The molecule has 1 saturated heterocycles. The van der Waals surface area contributed by atoms with Crippen LogP contribution in [0.3, 0.4) is 0 Å². The summed E-state index contributed by atoms with van der Waals surface area (Å²) in [6.45, 7) is 3.49. The van der Waals surface area contributed by atoms with Crippen LogP contribution in [0.1, 0.15) is 277 Å². The Hall–Kier alpha value is -0.900. The number of carbonyl (C=O) groups excluding carboxylic acids is 1. The number of hydrogen-bond acceptors (Lipinski definition) is 10. The molecule has 1 fully saturated rings. The molecule has 0 bridgehead atoms. The number of ether oxygens (including phenoxy) is 2. The summed E-state index contributed by atoms with van der Waals surface area (Å²) in [6.07, 6.45) is 41.1. The third-order valence-electron chi connectivity index (χ3n) is 13.7. The smallest absolute Gasteiger partial charge is 0.394 e. The second-order valence-electron chi connectivity index (χ2n) is 19.9. The molecule has 0 aromatic heterocycles. The second kappa shape index (κ2) is 44.1. The lowest BCUT2D eigenvalue weighted by atomic mass is 9.99. The number of hydrogen-bond donors (Lipinski definition) is 6. The van der Waals surface area contributed by atoms with E-state index in [1.807, 2.05) is 0 Å². The molecule has 12 nitrogen and oxygen atoms in total. The van der Waals surface area contributed by atoms with Crippen molar-refractivity contribution in [1.82, 2.24) is 5.32 Å². The van der Waals surface area contributed by atoms with E-state index in [1.54, 1.807) is 0 Å². The molecular formula is C53H105NO11S. The maximum atomic E-state index is 13.1. The lowest BCUT2D eigenvalue weighted by molar-refractivity contribution is -0.298. The van der Waals surface area contributed by atoms with Gasteiger partial charge in [-0.05, 0) is 12.8 Å². The van der Waals surface area contributed by atoms with Crippen molar-refractivity contribution in [2.75, 3.05) is 13.2 Å². The van der Waals surface area contributed by atoms with Crippen LogP contribution >= 0.6 is 0 Å². The summed E-state index contributed by atoms with van der Waals surface area (Å²) in [6, 6.07) is -0.852. The predicted molar refractivity (Wildman–Crippen MR) is 269 cm³/mol. The summed E-state index contributed by atoms with van der Waals surface area (Å²) >= 11 is 0. The van der Waals surface area contributed by atoms with Crippen LogP contribution in [0, 0.1) is 0 Å². The highest BCUT2D eigenvalue weighted by atomic mass is 32.3. The van der Waals surface area contributed by atoms with Crippen LogP contribution < -0.4 is 5.32 Å². The van der Waals surface area contributed by atoms with Gasteiger partial charge in [0, 0.05) is 6.42 Å². The number of nitrogens with one attached hydrogen (secondary N) is 1. The number of unbranched alkanes of at least 4 members (excludes halogenated alkanes) is 37. The van der Waals surface area contributed by atoms with Gasteiger partial charge < -0.3 is 35.2 Å². The molecule has 0 saturated carbocycles. The van der Waals surface area contributed by atoms with Crippen LogP contribution in [-0.4, -0.2) is 95.4 Å². The van der Waals surface area contributed by atoms with Crippen molar-refractivity contribution in [3.8, 4) is 0 Å². The molecule has 13 heteroatoms. The number of carbonyl (C=O) groups is 1. The first-order valence-corrected chi connectivity index (χ1v) is 29.3. The van der Waals surface area contributed by atoms with Crippen molar-refractivity contribution in [2.45, 2.75) is 320 Å². The van der Waals surface area contributed by atoms with E-state index in [2.05, 4.69) is 23.3 Å². The van der Waals surface area contributed by atoms with Gasteiger partial charge in [-0.25, -0.2) is 4.18 Å². The number of aliphatic hydroxyl groups excluding tert-OH is 4. The van der Waals surface area contributed by atoms with Crippen molar-refractivity contribution < 1.29 is 51.8 Å². The quantitative estimate of drug-likeness (QED) is 0.0251. The Morgan fingerprint density at radius 1 is 0.545 bits per heavy atom. The maximum absolute atomic E-state index is 13.1. The fraction of sp³-hybridized carbons (Fsp3) is 0.981. The second-order valence-corrected chi connectivity index (χ2v) is 20.9. The summed E-state index contributed by atoms with van der Waals surface area (Å²) in [5.41, 5.74) is 0. The van der Waals surface area contributed by atoms with Gasteiger partial charge in [-0.3, -0.25) is 9.35 Å². The van der Waals surface area contributed by atoms with Crippen LogP contribution in [0.25, 0.3) is 0 Å². The summed E-state index contributed by atoms with van der Waals surface area (Å²) in [5, 5.41) is 45.1. The molecule has 1 aliphatic rings. The Kier molecular flexibility index (Phi) is 42.1. The van der Waals surface area contributed by atoms with E-state index in [4.69, 9.17) is 9.47 Å². The number of amides is 1. The zero-order valence-corrected chi connectivity index (χ0v) is 43.4. The van der Waals surface area contributed by atoms with Crippen LogP contribution in [-0.2, 0) is 28.9 Å². The molecule has 0 spiro atoms. The molecule has 1 aliphatic heterocycles. The van der Waals surface area contributed by atoms with E-state index in [1.165, 1.54) is 199 Å². The summed E-state index contributed by atoms with van der Waals surface area (Å²) in [4.78, 5) is 13.1. The van der Waals surface area contributed by atoms with Gasteiger partial charge in [-0.1, -0.05) is 258 Å². The van der Waals surface area contributed by atoms with E-state index < -0.39 is 59.9 Å². The molecule has 7 atom stereocenters. The lowest BCUT2D eigenvalue weighted by Crippen LogP contribution is -2.61. The average molecular weight is 964 g/mol. The van der Waals surface area contributed by atoms with Crippen LogP contribution in [0.5, 0.6) is 0 Å². The minimum atomic E-state index is -5.08. The zero-order valence-electron chi connectivity index (χ0n) is 42.5. The van der Waals surface area contributed by atoms with Gasteiger partial charge in [0.2, 0.25) is 5.91 Å². The average Bonchev–Trinajstić information content (AvgIpc) is 3.29. The Morgan fingerprint density at radius 2 is 0.879 bits per heavy atom. The molecule has 0 radical (unpaired) electrons. The molecule has 0 aliphatic carbocycles. The fourth-order valence-corrected chi connectivity index (χ4v) is 9.85. The Labute approximate surface area is 405 Å². The minimum Gasteiger partial charge on any atom is -0.394 e. The first-order valence-electron chi connectivity index (χ1n) is 27.9. The standard InChI is InChI=1S/C53H105NO11S/c1-3-5-7-9-11-13-15-17-19-20-21-22-23-24-25-26-27-29-30-32-34-36-38-40-42-47(56)46(45-63-53-51(59)52(65-66(60,61)62)50(58)48(44-55)64-53)54-49(57)43-41-39-37-35-33-31-28-18-16-14-12-10-8-6-4-2/h46-48,50-53,55-56,58-59H,3-45H2,1-2H3,(H,54,57)(H,60,61,62). The highest BCUT2D eigenvalue weighted by Gasteiger charge is 2.48. The summed E-state index contributed by atoms with van der Waals surface area (Å²) in [7, 11) is -5.08. The largest absolute Gasteiger partial charge is 0.397 e. The van der Waals surface area contributed by atoms with Gasteiger partial charge >= 0.3 is 10.4 Å². The Bertz CT molecular complexity index is 1180. The lowest BCUT2D eigenvalue weighted by Gasteiger charge is -2.41. The van der Waals surface area contributed by atoms with E-state index in [9.17, 15) is 38.2 Å². The molecule has 0 aromatic carbocycles. The normalized spacial score (nSPS) is 19.9. The van der Waals surface area contributed by atoms with Crippen molar-refractivity contribution >= 4 is 16.3 Å². The third kappa shape index (κ3) is 36.1. The molecule has 394 valence electrons. The van der Waals surface area contributed by atoms with Gasteiger partial charge in [-0.15, -0.1) is 0 Å². The first kappa shape index (κ1) is 63.1. The van der Waals surface area contributed by atoms with Gasteiger partial charge in [0.05, 0.1) is 25.4 Å². The van der Waals surface area contributed by atoms with Crippen molar-refractivity contribution in [1.29, 1.82) is 0 Å². The highest BCUT2D eigenvalue weighted by molar-refractivity contribution is 7.80. The predicted octanol–water partition coefficient (Wildman–Crippen LogP) is 12.5. The Balaban J connectivity index is 2.34. The number of rotatable bonds is 49. The van der Waals surface area contributed by atoms with Crippen LogP contribution in [0.2, 0.25) is 0 Å². The van der Waals surface area contributed by atoms with Gasteiger partial charge in [0.1, 0.15) is 24.4 Å². The highest BCUT2D eigenvalue weighted by Crippen LogP contribution is 2.26. The molecule has 1 amide bonds. The number of aliphatic hydroxyl groups is 4. The first-order chi connectivity index (χ1) is 32.0. The van der Waals surface area contributed by atoms with Crippen LogP contribution in [0.15, 0.2) is 0 Å². The molecule has 7 unspecified atom stereocenters. The zero-order chi connectivity index (χ0) is 48.4. The van der Waals surface area contributed by atoms with Crippen molar-refractivity contribution in [3.63, 3.8) is 0 Å². The summed E-state index contributed by atoms with van der Waals surface area (Å²) in [5.74, 6) is -0.224. The van der Waals surface area contributed by atoms with E-state index in [-0.39, 0.29) is 12.5 Å². The molecule has 6 N–H and O–H groups in total. The van der Waals surface area contributed by atoms with Gasteiger partial charge in [0.25, 0.3) is 0 Å². The van der Waals surface area contributed by atoms with Crippen LogP contribution in [0.4, 0.5) is 0 Å². The fourth-order valence-electron chi connectivity index (χ4n) is 9.35. The van der Waals surface area contributed by atoms with E-state index >= 15 is 0 Å². The third-order valence-corrected chi connectivity index (χ3v) is 14.1. The Morgan fingerprint density at radius 3 is 1.21 bits per heavy atom. The van der Waals surface area contributed by atoms with E-state index in [0.717, 1.165) is 51.4 Å². The minimum absolute atomic E-state index is 0.224. The molecule has 0 aromatic rings. The summed E-state index contributed by atoms with van der Waals surface area (Å²) < 4.78 is 47.8. The molecular weight excluding hydrogens is 859 g/mol. The molecule has 1 rings (SSSR count). The molecule has 66 heavy (non-hydrogen) atoms. The van der Waals surface area contributed by atoms with Crippen molar-refractivity contribution in [2.24, 2.45) is 0 Å². The maximum Gasteiger partial charge on any atom is 0.397 e. The molecule has 1 heterocycles.